The fourth-order valence-corrected chi connectivity index (χ4v) is 2.98. The molecule has 25 heavy (non-hydrogen) atoms. The molecule has 0 aromatic heterocycles. The zero-order chi connectivity index (χ0) is 19.4. The molecule has 1 aliphatic heterocycles. The van der Waals surface area contributed by atoms with Crippen LogP contribution in [-0.4, -0.2) is 61.7 Å². The fraction of sp³-hybridized carbons (Fsp3) is 0.833. The molecule has 0 amide bonds. The van der Waals surface area contributed by atoms with Gasteiger partial charge in [0.25, 0.3) is 0 Å². The number of carboxylic acids is 1. The molecule has 0 spiro atoms. The van der Waals surface area contributed by atoms with Crippen LogP contribution in [0.2, 0.25) is 0 Å². The van der Waals surface area contributed by atoms with E-state index in [2.05, 4.69) is 0 Å². The second-order valence-corrected chi connectivity index (χ2v) is 7.69. The zero-order valence-electron chi connectivity index (χ0n) is 15.4. The molecule has 0 aromatic rings. The zero-order valence-corrected chi connectivity index (χ0v) is 15.4. The van der Waals surface area contributed by atoms with Gasteiger partial charge in [0.2, 0.25) is 0 Å². The molecule has 1 aliphatic rings. The largest absolute Gasteiger partial charge is 0.481 e. The topological polar surface area (TPSA) is 127 Å². The molecule has 6 atom stereocenters. The number of aliphatic carboxylic acids is 1. The Bertz CT molecular complexity index is 462. The Morgan fingerprint density at radius 3 is 2.32 bits per heavy atom. The smallest absolute Gasteiger partial charge is 0.311 e. The molecule has 1 fully saturated rings. The molecule has 1 heterocycles. The first-order valence-electron chi connectivity index (χ1n) is 8.80. The molecular weight excluding hydrogens is 328 g/mol. The summed E-state index contributed by atoms with van der Waals surface area (Å²) in [5.74, 6) is -4.23. The third-order valence-corrected chi connectivity index (χ3v) is 4.49. The Labute approximate surface area is 148 Å². The highest BCUT2D eigenvalue weighted by molar-refractivity contribution is 5.71. The summed E-state index contributed by atoms with van der Waals surface area (Å²) in [7, 11) is 0. The first-order chi connectivity index (χ1) is 11.4. The van der Waals surface area contributed by atoms with Gasteiger partial charge < -0.3 is 30.3 Å². The number of hydrogen-bond acceptors (Lipinski definition) is 6. The molecule has 146 valence electrons. The van der Waals surface area contributed by atoms with E-state index in [1.807, 2.05) is 13.8 Å². The second kappa shape index (κ2) is 9.09. The molecule has 0 bridgehead atoms. The molecule has 0 aromatic carbocycles. The minimum Gasteiger partial charge on any atom is -0.481 e. The maximum Gasteiger partial charge on any atom is 0.311 e. The molecule has 5 N–H and O–H groups in total. The fourth-order valence-electron chi connectivity index (χ4n) is 2.98. The molecule has 0 aliphatic carbocycles. The van der Waals surface area contributed by atoms with Gasteiger partial charge in [0.05, 0.1) is 24.4 Å². The van der Waals surface area contributed by atoms with Crippen molar-refractivity contribution < 1.29 is 35.1 Å². The Morgan fingerprint density at radius 2 is 1.84 bits per heavy atom. The summed E-state index contributed by atoms with van der Waals surface area (Å²) in [5.41, 5.74) is 0. The van der Waals surface area contributed by atoms with E-state index in [1.54, 1.807) is 26.0 Å². The van der Waals surface area contributed by atoms with Crippen LogP contribution in [0.5, 0.6) is 0 Å². The summed E-state index contributed by atoms with van der Waals surface area (Å²) in [6.45, 7) is 7.45. The molecule has 1 rings (SSSR count). The van der Waals surface area contributed by atoms with Crippen LogP contribution < -0.4 is 0 Å². The first kappa shape index (κ1) is 22.1. The lowest BCUT2D eigenvalue weighted by Crippen LogP contribution is -2.56. The van der Waals surface area contributed by atoms with E-state index in [9.17, 15) is 30.3 Å². The van der Waals surface area contributed by atoms with Gasteiger partial charge in [0.1, 0.15) is 5.92 Å². The summed E-state index contributed by atoms with van der Waals surface area (Å²) in [6.07, 6.45) is -1.39. The predicted molar refractivity (Wildman–Crippen MR) is 91.6 cm³/mol. The number of aliphatic hydroxyl groups excluding tert-OH is 3. The monoisotopic (exact) mass is 360 g/mol. The van der Waals surface area contributed by atoms with Gasteiger partial charge in [0, 0.05) is 19.3 Å². The Kier molecular flexibility index (Phi) is 8.02. The van der Waals surface area contributed by atoms with E-state index in [-0.39, 0.29) is 31.1 Å². The number of carbonyl (C=O) groups is 1. The third-order valence-electron chi connectivity index (χ3n) is 4.49. The lowest BCUT2D eigenvalue weighted by atomic mass is 9.82. The van der Waals surface area contributed by atoms with E-state index in [0.29, 0.717) is 0 Å². The van der Waals surface area contributed by atoms with E-state index in [1.165, 1.54) is 0 Å². The predicted octanol–water partition coefficient (Wildman–Crippen LogP) is 0.896. The van der Waals surface area contributed by atoms with Crippen LogP contribution in [0.4, 0.5) is 0 Å². The minimum absolute atomic E-state index is 0.0721. The molecule has 7 heteroatoms. The summed E-state index contributed by atoms with van der Waals surface area (Å²) in [6, 6.07) is 0. The normalized spacial score (nSPS) is 33.1. The number of ether oxygens (including phenoxy) is 1. The Hall–Kier alpha value is -0.990. The average molecular weight is 360 g/mol. The SMILES string of the molecule is CC(C)/C=C/[C@H](O)CC1O[C@](O)(C[C@@H](O)C(C)C)CC(O)C1C(=O)O. The summed E-state index contributed by atoms with van der Waals surface area (Å²) >= 11 is 0. The van der Waals surface area contributed by atoms with Gasteiger partial charge in [-0.1, -0.05) is 39.8 Å². The highest BCUT2D eigenvalue weighted by Gasteiger charge is 2.49. The summed E-state index contributed by atoms with van der Waals surface area (Å²) in [4.78, 5) is 11.5. The van der Waals surface area contributed by atoms with Crippen LogP contribution in [0.15, 0.2) is 12.2 Å². The van der Waals surface area contributed by atoms with Gasteiger partial charge in [-0.05, 0) is 11.8 Å². The van der Waals surface area contributed by atoms with Crippen molar-refractivity contribution in [3.63, 3.8) is 0 Å². The van der Waals surface area contributed by atoms with Crippen molar-refractivity contribution in [1.29, 1.82) is 0 Å². The van der Waals surface area contributed by atoms with Gasteiger partial charge in [-0.3, -0.25) is 4.79 Å². The number of rotatable bonds is 8. The van der Waals surface area contributed by atoms with Crippen LogP contribution in [0, 0.1) is 17.8 Å². The van der Waals surface area contributed by atoms with Crippen LogP contribution >= 0.6 is 0 Å². The van der Waals surface area contributed by atoms with E-state index >= 15 is 0 Å². The van der Waals surface area contributed by atoms with Crippen molar-refractivity contribution in [3.8, 4) is 0 Å². The van der Waals surface area contributed by atoms with Crippen molar-refractivity contribution in [2.24, 2.45) is 17.8 Å². The standard InChI is InChI=1S/C18H32O7/c1-10(2)5-6-12(19)7-15-16(17(22)23)14(21)9-18(24,25-15)8-13(20)11(3)4/h5-6,10-16,19-21,24H,7-9H2,1-4H3,(H,22,23)/b6-5+/t12-,13+,14?,15?,16?,18+/m0/s1. The van der Waals surface area contributed by atoms with E-state index in [0.717, 1.165) is 0 Å². The van der Waals surface area contributed by atoms with Gasteiger partial charge >= 0.3 is 5.97 Å². The van der Waals surface area contributed by atoms with Crippen LogP contribution in [0.3, 0.4) is 0 Å². The Morgan fingerprint density at radius 1 is 1.24 bits per heavy atom. The molecule has 1 saturated heterocycles. The average Bonchev–Trinajstić information content (AvgIpc) is 2.43. The number of hydrogen-bond donors (Lipinski definition) is 5. The summed E-state index contributed by atoms with van der Waals surface area (Å²) < 4.78 is 5.58. The van der Waals surface area contributed by atoms with E-state index in [4.69, 9.17) is 4.74 Å². The molecule has 0 saturated carbocycles. The lowest BCUT2D eigenvalue weighted by Gasteiger charge is -2.44. The Balaban J connectivity index is 2.93. The van der Waals surface area contributed by atoms with Crippen molar-refractivity contribution in [1.82, 2.24) is 0 Å². The maximum absolute atomic E-state index is 11.5. The number of carboxylic acid groups (broad SMARTS) is 1. The third kappa shape index (κ3) is 6.67. The van der Waals surface area contributed by atoms with Gasteiger partial charge in [-0.15, -0.1) is 0 Å². The quantitative estimate of drug-likeness (QED) is 0.407. The van der Waals surface area contributed by atoms with Gasteiger partial charge in [-0.25, -0.2) is 0 Å². The van der Waals surface area contributed by atoms with Crippen LogP contribution in [-0.2, 0) is 9.53 Å². The van der Waals surface area contributed by atoms with Gasteiger partial charge in [0.15, 0.2) is 5.79 Å². The van der Waals surface area contributed by atoms with Crippen LogP contribution in [0.25, 0.3) is 0 Å². The minimum atomic E-state index is -1.83. The first-order valence-corrected chi connectivity index (χ1v) is 8.80. The van der Waals surface area contributed by atoms with Crippen molar-refractivity contribution >= 4 is 5.97 Å². The number of allylic oxidation sites excluding steroid dienone is 1. The van der Waals surface area contributed by atoms with Crippen molar-refractivity contribution in [2.45, 2.75) is 77.2 Å². The lowest BCUT2D eigenvalue weighted by molar-refractivity contribution is -0.300. The maximum atomic E-state index is 11.5. The molecule has 7 nitrogen and oxygen atoms in total. The molecule has 3 unspecified atom stereocenters. The number of aliphatic hydroxyl groups is 4. The van der Waals surface area contributed by atoms with Crippen molar-refractivity contribution in [3.05, 3.63) is 12.2 Å². The summed E-state index contributed by atoms with van der Waals surface area (Å²) in [5, 5.41) is 50.4. The molecule has 0 radical (unpaired) electrons. The van der Waals surface area contributed by atoms with Gasteiger partial charge in [-0.2, -0.15) is 0 Å². The highest BCUT2D eigenvalue weighted by Crippen LogP contribution is 2.37. The molecular formula is C18H32O7. The highest BCUT2D eigenvalue weighted by atomic mass is 16.6. The second-order valence-electron chi connectivity index (χ2n) is 7.69. The van der Waals surface area contributed by atoms with Crippen LogP contribution in [0.1, 0.15) is 47.0 Å². The van der Waals surface area contributed by atoms with Crippen molar-refractivity contribution in [2.75, 3.05) is 0 Å². The van der Waals surface area contributed by atoms with E-state index < -0.39 is 42.1 Å².